The molecular weight excluding hydrogens is 208 g/mol. The third-order valence-corrected chi connectivity index (χ3v) is 2.31. The zero-order valence-corrected chi connectivity index (χ0v) is 9.05. The van der Waals surface area contributed by atoms with E-state index in [2.05, 4.69) is 12.3 Å². The number of hydrazine groups is 1. The predicted molar refractivity (Wildman–Crippen MR) is 53.0 cm³/mol. The van der Waals surface area contributed by atoms with Crippen LogP contribution in [0.4, 0.5) is 0 Å². The second-order valence-electron chi connectivity index (χ2n) is 3.71. The van der Waals surface area contributed by atoms with E-state index in [4.69, 9.17) is 23.4 Å². The Labute approximate surface area is 84.4 Å². The summed E-state index contributed by atoms with van der Waals surface area (Å²) in [4.78, 5) is 0. The molecule has 0 aromatic carbocycles. The van der Waals surface area contributed by atoms with Crippen molar-refractivity contribution in [3.63, 3.8) is 0 Å². The summed E-state index contributed by atoms with van der Waals surface area (Å²) in [5, 5.41) is 0. The average Bonchev–Trinajstić information content (AvgIpc) is 2.03. The molecule has 7 heteroatoms. The molecule has 6 nitrogen and oxygen atoms in total. The molecule has 14 heavy (non-hydrogen) atoms. The second kappa shape index (κ2) is 5.62. The van der Waals surface area contributed by atoms with E-state index < -0.39 is 10.4 Å². The Bertz CT molecular complexity index is 238. The molecule has 0 radical (unpaired) electrons. The fraction of sp³-hybridized carbons (Fsp3) is 1.00. The minimum absolute atomic E-state index is 0.248. The van der Waals surface area contributed by atoms with Crippen molar-refractivity contribution in [1.29, 1.82) is 0 Å². The Kier molecular flexibility index (Phi) is 5.53. The van der Waals surface area contributed by atoms with E-state index in [0.717, 1.165) is 0 Å². The number of nitrogens with two attached hydrogens (primary N) is 1. The van der Waals surface area contributed by atoms with Gasteiger partial charge in [0, 0.05) is 5.54 Å². The first kappa shape index (κ1) is 13.8. The number of rotatable bonds is 1. The van der Waals surface area contributed by atoms with Crippen molar-refractivity contribution in [3.8, 4) is 0 Å². The lowest BCUT2D eigenvalue weighted by Crippen LogP contribution is -2.47. The zero-order chi connectivity index (χ0) is 11.2. The van der Waals surface area contributed by atoms with Crippen molar-refractivity contribution in [1.82, 2.24) is 5.43 Å². The molecule has 0 saturated heterocycles. The van der Waals surface area contributed by atoms with Crippen LogP contribution >= 0.6 is 0 Å². The summed E-state index contributed by atoms with van der Waals surface area (Å²) >= 11 is 0. The van der Waals surface area contributed by atoms with E-state index in [1.165, 1.54) is 32.1 Å². The maximum atomic E-state index is 8.74. The molecule has 0 unspecified atom stereocenters. The molecule has 0 amide bonds. The van der Waals surface area contributed by atoms with Crippen LogP contribution in [-0.4, -0.2) is 23.1 Å². The third kappa shape index (κ3) is 8.39. The molecule has 0 bridgehead atoms. The number of hydrogen-bond acceptors (Lipinski definition) is 4. The second-order valence-corrected chi connectivity index (χ2v) is 4.61. The molecule has 0 aliphatic heterocycles. The average molecular weight is 226 g/mol. The molecule has 0 spiro atoms. The van der Waals surface area contributed by atoms with Crippen molar-refractivity contribution in [3.05, 3.63) is 0 Å². The molecule has 1 fully saturated rings. The van der Waals surface area contributed by atoms with Gasteiger partial charge in [-0.1, -0.05) is 19.3 Å². The summed E-state index contributed by atoms with van der Waals surface area (Å²) in [5.74, 6) is 5.39. The Morgan fingerprint density at radius 1 is 1.21 bits per heavy atom. The van der Waals surface area contributed by atoms with Gasteiger partial charge in [0.1, 0.15) is 0 Å². The first-order valence-corrected chi connectivity index (χ1v) is 5.84. The molecule has 0 aromatic rings. The van der Waals surface area contributed by atoms with Gasteiger partial charge in [0.05, 0.1) is 0 Å². The molecule has 0 heterocycles. The SMILES string of the molecule is CC1(NN)CCCCC1.O=S(=O)(O)O. The highest BCUT2D eigenvalue weighted by molar-refractivity contribution is 7.79. The molecule has 0 atom stereocenters. The molecule has 1 rings (SSSR count). The lowest BCUT2D eigenvalue weighted by molar-refractivity contribution is 0.258. The van der Waals surface area contributed by atoms with E-state index in [9.17, 15) is 0 Å². The van der Waals surface area contributed by atoms with Crippen LogP contribution < -0.4 is 11.3 Å². The van der Waals surface area contributed by atoms with Gasteiger partial charge in [0.15, 0.2) is 0 Å². The van der Waals surface area contributed by atoms with Crippen LogP contribution in [0.15, 0.2) is 0 Å². The molecule has 1 aliphatic carbocycles. The summed E-state index contributed by atoms with van der Waals surface area (Å²) in [7, 11) is -4.67. The van der Waals surface area contributed by atoms with E-state index in [-0.39, 0.29) is 5.54 Å². The Hall–Kier alpha value is -0.210. The van der Waals surface area contributed by atoms with Gasteiger partial charge in [-0.3, -0.25) is 20.4 Å². The van der Waals surface area contributed by atoms with Crippen LogP contribution in [0.5, 0.6) is 0 Å². The molecular formula is C7H18N2O4S. The van der Waals surface area contributed by atoms with Gasteiger partial charge in [-0.25, -0.2) is 0 Å². The maximum Gasteiger partial charge on any atom is 0.394 e. The van der Waals surface area contributed by atoms with Gasteiger partial charge in [-0.15, -0.1) is 0 Å². The van der Waals surface area contributed by atoms with Crippen LogP contribution in [-0.2, 0) is 10.4 Å². The van der Waals surface area contributed by atoms with Crippen molar-refractivity contribution in [2.75, 3.05) is 0 Å². The van der Waals surface area contributed by atoms with Crippen LogP contribution in [0, 0.1) is 0 Å². The summed E-state index contributed by atoms with van der Waals surface area (Å²) in [6, 6.07) is 0. The fourth-order valence-electron chi connectivity index (χ4n) is 1.48. The Balaban J connectivity index is 0.000000292. The van der Waals surface area contributed by atoms with Crippen molar-refractivity contribution >= 4 is 10.4 Å². The minimum atomic E-state index is -4.67. The number of nitrogens with one attached hydrogen (secondary N) is 1. The van der Waals surface area contributed by atoms with E-state index >= 15 is 0 Å². The Morgan fingerprint density at radius 3 is 1.79 bits per heavy atom. The molecule has 5 N–H and O–H groups in total. The highest BCUT2D eigenvalue weighted by Gasteiger charge is 2.24. The number of hydrogen-bond donors (Lipinski definition) is 4. The predicted octanol–water partition coefficient (Wildman–Crippen LogP) is 0.520. The Morgan fingerprint density at radius 2 is 1.57 bits per heavy atom. The first-order valence-electron chi connectivity index (χ1n) is 4.44. The van der Waals surface area contributed by atoms with Crippen LogP contribution in [0.3, 0.4) is 0 Å². The standard InChI is InChI=1S/C7H16N2.H2O4S/c1-7(9-8)5-3-2-4-6-7;1-5(2,3)4/h9H,2-6,8H2,1H3;(H2,1,2,3,4). The van der Waals surface area contributed by atoms with E-state index in [0.29, 0.717) is 0 Å². The van der Waals surface area contributed by atoms with Gasteiger partial charge in [0.25, 0.3) is 0 Å². The van der Waals surface area contributed by atoms with Gasteiger partial charge in [0.2, 0.25) is 0 Å². The summed E-state index contributed by atoms with van der Waals surface area (Å²) in [6.07, 6.45) is 6.53. The molecule has 86 valence electrons. The van der Waals surface area contributed by atoms with Gasteiger partial charge < -0.3 is 0 Å². The quantitative estimate of drug-likeness (QED) is 0.294. The lowest BCUT2D eigenvalue weighted by atomic mass is 9.84. The van der Waals surface area contributed by atoms with Crippen molar-refractivity contribution in [2.24, 2.45) is 5.84 Å². The highest BCUT2D eigenvalue weighted by atomic mass is 32.3. The normalized spacial score (nSPS) is 20.9. The first-order chi connectivity index (χ1) is 6.27. The molecule has 1 saturated carbocycles. The van der Waals surface area contributed by atoms with Gasteiger partial charge in [-0.05, 0) is 19.8 Å². The zero-order valence-electron chi connectivity index (χ0n) is 8.23. The summed E-state index contributed by atoms with van der Waals surface area (Å²) < 4.78 is 31.6. The van der Waals surface area contributed by atoms with Crippen molar-refractivity contribution in [2.45, 2.75) is 44.6 Å². The van der Waals surface area contributed by atoms with E-state index in [1.54, 1.807) is 0 Å². The fourth-order valence-corrected chi connectivity index (χ4v) is 1.48. The highest BCUT2D eigenvalue weighted by Crippen LogP contribution is 2.26. The smallest absolute Gasteiger partial charge is 0.271 e. The monoisotopic (exact) mass is 226 g/mol. The minimum Gasteiger partial charge on any atom is -0.271 e. The summed E-state index contributed by atoms with van der Waals surface area (Å²) in [6.45, 7) is 2.20. The maximum absolute atomic E-state index is 8.74. The topological polar surface area (TPSA) is 113 Å². The molecule has 1 aliphatic rings. The van der Waals surface area contributed by atoms with Gasteiger partial charge in [-0.2, -0.15) is 8.42 Å². The lowest BCUT2D eigenvalue weighted by Gasteiger charge is -2.32. The van der Waals surface area contributed by atoms with Crippen LogP contribution in [0.2, 0.25) is 0 Å². The largest absolute Gasteiger partial charge is 0.394 e. The van der Waals surface area contributed by atoms with Crippen molar-refractivity contribution < 1.29 is 17.5 Å². The third-order valence-electron chi connectivity index (χ3n) is 2.31. The van der Waals surface area contributed by atoms with Crippen LogP contribution in [0.25, 0.3) is 0 Å². The van der Waals surface area contributed by atoms with Gasteiger partial charge >= 0.3 is 10.4 Å². The van der Waals surface area contributed by atoms with E-state index in [1.807, 2.05) is 0 Å². The molecule has 0 aromatic heterocycles. The van der Waals surface area contributed by atoms with Crippen LogP contribution in [0.1, 0.15) is 39.0 Å². The summed E-state index contributed by atoms with van der Waals surface area (Å²) in [5.41, 5.74) is 3.13.